The van der Waals surface area contributed by atoms with Crippen LogP contribution in [0.5, 0.6) is 5.75 Å². The number of nitro groups is 1. The van der Waals surface area contributed by atoms with E-state index in [9.17, 15) is 18.5 Å². The summed E-state index contributed by atoms with van der Waals surface area (Å²) >= 11 is 0. The van der Waals surface area contributed by atoms with E-state index in [0.717, 1.165) is 0 Å². The molecule has 0 aliphatic heterocycles. The zero-order valence-electron chi connectivity index (χ0n) is 12.6. The topological polar surface area (TPSA) is 98.5 Å². The standard InChI is InChI=1S/C15H16N2O5S/c1-3-22-13-9-7-12(8-10-13)16-23(20,21)15-6-4-5-14(11(15)2)17(18)19/h4-10,16H,3H2,1-2H3. The van der Waals surface area contributed by atoms with Crippen LogP contribution in [-0.2, 0) is 10.0 Å². The van der Waals surface area contributed by atoms with Crippen molar-refractivity contribution < 1.29 is 18.1 Å². The summed E-state index contributed by atoms with van der Waals surface area (Å²) in [4.78, 5) is 10.2. The Labute approximate surface area is 134 Å². The highest BCUT2D eigenvalue weighted by Gasteiger charge is 2.22. The van der Waals surface area contributed by atoms with Gasteiger partial charge in [-0.25, -0.2) is 8.42 Å². The predicted octanol–water partition coefficient (Wildman–Crippen LogP) is 3.10. The zero-order valence-corrected chi connectivity index (χ0v) is 13.5. The third-order valence-corrected chi connectivity index (χ3v) is 4.68. The molecule has 0 aliphatic carbocycles. The maximum absolute atomic E-state index is 12.4. The smallest absolute Gasteiger partial charge is 0.273 e. The van der Waals surface area contributed by atoms with Crippen LogP contribution in [0.15, 0.2) is 47.4 Å². The van der Waals surface area contributed by atoms with Crippen molar-refractivity contribution in [2.24, 2.45) is 0 Å². The predicted molar refractivity (Wildman–Crippen MR) is 86.3 cm³/mol. The Morgan fingerprint density at radius 3 is 2.39 bits per heavy atom. The molecule has 0 spiro atoms. The van der Waals surface area contributed by atoms with E-state index in [0.29, 0.717) is 18.0 Å². The molecule has 0 atom stereocenters. The molecule has 0 bridgehead atoms. The van der Waals surface area contributed by atoms with Crippen LogP contribution in [0.25, 0.3) is 0 Å². The number of rotatable bonds is 6. The van der Waals surface area contributed by atoms with Crippen LogP contribution in [0.3, 0.4) is 0 Å². The Balaban J connectivity index is 2.32. The highest BCUT2D eigenvalue weighted by molar-refractivity contribution is 7.92. The first kappa shape index (κ1) is 16.8. The lowest BCUT2D eigenvalue weighted by Crippen LogP contribution is -2.14. The largest absolute Gasteiger partial charge is 0.494 e. The summed E-state index contributed by atoms with van der Waals surface area (Å²) in [5.74, 6) is 0.627. The minimum Gasteiger partial charge on any atom is -0.494 e. The van der Waals surface area contributed by atoms with Crippen LogP contribution in [0.2, 0.25) is 0 Å². The molecule has 8 heteroatoms. The summed E-state index contributed by atoms with van der Waals surface area (Å²) < 4.78 is 32.6. The van der Waals surface area contributed by atoms with Gasteiger partial charge in [-0.15, -0.1) is 0 Å². The van der Waals surface area contributed by atoms with Gasteiger partial charge in [0.05, 0.1) is 16.4 Å². The average molecular weight is 336 g/mol. The van der Waals surface area contributed by atoms with Gasteiger partial charge in [-0.2, -0.15) is 0 Å². The molecular weight excluding hydrogens is 320 g/mol. The average Bonchev–Trinajstić information content (AvgIpc) is 2.49. The van der Waals surface area contributed by atoms with Crippen molar-refractivity contribution >= 4 is 21.4 Å². The summed E-state index contributed by atoms with van der Waals surface area (Å²) in [5, 5.41) is 10.9. The molecule has 0 aromatic heterocycles. The highest BCUT2D eigenvalue weighted by Crippen LogP contribution is 2.26. The van der Waals surface area contributed by atoms with Gasteiger partial charge in [-0.3, -0.25) is 14.8 Å². The van der Waals surface area contributed by atoms with Gasteiger partial charge in [-0.05, 0) is 44.2 Å². The second-order valence-electron chi connectivity index (χ2n) is 4.72. The van der Waals surface area contributed by atoms with E-state index in [1.807, 2.05) is 6.92 Å². The third-order valence-electron chi connectivity index (χ3n) is 3.16. The molecule has 122 valence electrons. The molecule has 0 unspecified atom stereocenters. The molecule has 7 nitrogen and oxygen atoms in total. The second-order valence-corrected chi connectivity index (χ2v) is 6.37. The number of ether oxygens (including phenoxy) is 1. The molecule has 1 N–H and O–H groups in total. The second kappa shape index (κ2) is 6.66. The molecule has 2 rings (SSSR count). The van der Waals surface area contributed by atoms with Crippen molar-refractivity contribution in [3.8, 4) is 5.75 Å². The maximum Gasteiger partial charge on any atom is 0.273 e. The lowest BCUT2D eigenvalue weighted by atomic mass is 10.2. The number of nitro benzene ring substituents is 1. The first-order valence-electron chi connectivity index (χ1n) is 6.85. The minimum absolute atomic E-state index is 0.0935. The molecule has 0 saturated carbocycles. The van der Waals surface area contributed by atoms with Crippen LogP contribution >= 0.6 is 0 Å². The van der Waals surface area contributed by atoms with Crippen molar-refractivity contribution in [3.63, 3.8) is 0 Å². The molecule has 2 aromatic carbocycles. The third kappa shape index (κ3) is 3.78. The van der Waals surface area contributed by atoms with Gasteiger partial charge in [0.25, 0.3) is 15.7 Å². The van der Waals surface area contributed by atoms with Crippen LogP contribution in [-0.4, -0.2) is 19.9 Å². The van der Waals surface area contributed by atoms with Crippen molar-refractivity contribution in [2.75, 3.05) is 11.3 Å². The van der Waals surface area contributed by atoms with E-state index in [4.69, 9.17) is 4.74 Å². The first-order valence-corrected chi connectivity index (χ1v) is 8.33. The first-order chi connectivity index (χ1) is 10.8. The van der Waals surface area contributed by atoms with E-state index >= 15 is 0 Å². The summed E-state index contributed by atoms with van der Waals surface area (Å²) in [7, 11) is -3.92. The zero-order chi connectivity index (χ0) is 17.0. The SMILES string of the molecule is CCOc1ccc(NS(=O)(=O)c2cccc([N+](=O)[O-])c2C)cc1. The summed E-state index contributed by atoms with van der Waals surface area (Å²) in [5.41, 5.74) is 0.204. The number of anilines is 1. The number of nitrogens with one attached hydrogen (secondary N) is 1. The summed E-state index contributed by atoms with van der Waals surface area (Å²) in [6.45, 7) is 3.77. The molecule has 23 heavy (non-hydrogen) atoms. The van der Waals surface area contributed by atoms with Crippen molar-refractivity contribution in [2.45, 2.75) is 18.7 Å². The number of nitrogens with zero attached hydrogens (tertiary/aromatic N) is 1. The highest BCUT2D eigenvalue weighted by atomic mass is 32.2. The van der Waals surface area contributed by atoms with Crippen LogP contribution < -0.4 is 9.46 Å². The molecule has 0 radical (unpaired) electrons. The van der Waals surface area contributed by atoms with Gasteiger partial charge < -0.3 is 4.74 Å². The maximum atomic E-state index is 12.4. The fourth-order valence-electron chi connectivity index (χ4n) is 2.09. The van der Waals surface area contributed by atoms with Crippen LogP contribution in [0.4, 0.5) is 11.4 Å². The van der Waals surface area contributed by atoms with Gasteiger partial charge in [0.2, 0.25) is 0 Å². The minimum atomic E-state index is -3.92. The summed E-state index contributed by atoms with van der Waals surface area (Å²) in [6, 6.07) is 10.4. The van der Waals surface area contributed by atoms with Gasteiger partial charge in [0, 0.05) is 17.3 Å². The number of benzene rings is 2. The van der Waals surface area contributed by atoms with E-state index in [1.165, 1.54) is 25.1 Å². The Morgan fingerprint density at radius 2 is 1.83 bits per heavy atom. The van der Waals surface area contributed by atoms with Gasteiger partial charge in [-0.1, -0.05) is 6.07 Å². The Bertz CT molecular complexity index is 816. The van der Waals surface area contributed by atoms with Gasteiger partial charge >= 0.3 is 0 Å². The van der Waals surface area contributed by atoms with Crippen molar-refractivity contribution in [3.05, 3.63) is 58.1 Å². The number of hydrogen-bond acceptors (Lipinski definition) is 5. The van der Waals surface area contributed by atoms with E-state index in [1.54, 1.807) is 24.3 Å². The molecular formula is C15H16N2O5S. The van der Waals surface area contributed by atoms with E-state index in [2.05, 4.69) is 4.72 Å². The fraction of sp³-hybridized carbons (Fsp3) is 0.200. The molecule has 2 aromatic rings. The molecule has 0 saturated heterocycles. The van der Waals surface area contributed by atoms with Crippen molar-refractivity contribution in [1.82, 2.24) is 0 Å². The van der Waals surface area contributed by atoms with Crippen LogP contribution in [0.1, 0.15) is 12.5 Å². The Morgan fingerprint density at radius 1 is 1.17 bits per heavy atom. The van der Waals surface area contributed by atoms with Gasteiger partial charge in [0.1, 0.15) is 5.75 Å². The molecule has 0 amide bonds. The molecule has 0 fully saturated rings. The Kier molecular flexibility index (Phi) is 4.85. The van der Waals surface area contributed by atoms with E-state index in [-0.39, 0.29) is 16.1 Å². The lowest BCUT2D eigenvalue weighted by Gasteiger charge is -2.11. The number of hydrogen-bond donors (Lipinski definition) is 1. The van der Waals surface area contributed by atoms with Gasteiger partial charge in [0.15, 0.2) is 0 Å². The molecule has 0 aliphatic rings. The van der Waals surface area contributed by atoms with Crippen LogP contribution in [0, 0.1) is 17.0 Å². The lowest BCUT2D eigenvalue weighted by molar-refractivity contribution is -0.385. The monoisotopic (exact) mass is 336 g/mol. The fourth-order valence-corrected chi connectivity index (χ4v) is 3.41. The Hall–Kier alpha value is -2.61. The number of sulfonamides is 1. The normalized spacial score (nSPS) is 11.0. The quantitative estimate of drug-likeness (QED) is 0.645. The van der Waals surface area contributed by atoms with E-state index < -0.39 is 14.9 Å². The van der Waals surface area contributed by atoms with Crippen molar-refractivity contribution in [1.29, 1.82) is 0 Å². The summed E-state index contributed by atoms with van der Waals surface area (Å²) in [6.07, 6.45) is 0. The molecule has 0 heterocycles.